The number of amides is 1. The van der Waals surface area contributed by atoms with Crippen LogP contribution in [0.25, 0.3) is 0 Å². The first-order valence-electron chi connectivity index (χ1n) is 5.69. The van der Waals surface area contributed by atoms with Crippen LogP contribution in [0.1, 0.15) is 0 Å². The highest BCUT2D eigenvalue weighted by atomic mass is 35.5. The summed E-state index contributed by atoms with van der Waals surface area (Å²) in [6, 6.07) is 5.45. The van der Waals surface area contributed by atoms with Gasteiger partial charge in [-0.3, -0.25) is 4.79 Å². The minimum atomic E-state index is -0.244. The summed E-state index contributed by atoms with van der Waals surface area (Å²) in [5.41, 5.74) is 1.62. The molecular weight excluding hydrogens is 311 g/mol. The Hall–Kier alpha value is -0.680. The van der Waals surface area contributed by atoms with Gasteiger partial charge < -0.3 is 27.4 Å². The normalized spacial score (nSPS) is 14.7. The number of alkyl halides is 1. The van der Waals surface area contributed by atoms with Crippen LogP contribution < -0.4 is 22.6 Å². The van der Waals surface area contributed by atoms with Gasteiger partial charge in [-0.1, -0.05) is 11.6 Å². The van der Waals surface area contributed by atoms with Crippen molar-refractivity contribution in [3.05, 3.63) is 23.2 Å². The molecule has 106 valence electrons. The zero-order valence-electron chi connectivity index (χ0n) is 10.2. The van der Waals surface area contributed by atoms with E-state index in [1.807, 2.05) is 12.1 Å². The summed E-state index contributed by atoms with van der Waals surface area (Å²) in [6.07, 6.45) is 0. The van der Waals surface area contributed by atoms with E-state index in [-0.39, 0.29) is 24.2 Å². The summed E-state index contributed by atoms with van der Waals surface area (Å²) in [5, 5.41) is 3.28. The van der Waals surface area contributed by atoms with Crippen LogP contribution in [0.4, 0.5) is 11.4 Å². The number of carbonyl (C=O) groups is 1. The third-order valence-electron chi connectivity index (χ3n) is 2.70. The number of halogens is 3. The fourth-order valence-electron chi connectivity index (χ4n) is 1.84. The highest BCUT2D eigenvalue weighted by Gasteiger charge is 2.14. The van der Waals surface area contributed by atoms with Gasteiger partial charge in [0, 0.05) is 18.8 Å². The Morgan fingerprint density at radius 1 is 1.37 bits per heavy atom. The van der Waals surface area contributed by atoms with Gasteiger partial charge in [0.15, 0.2) is 0 Å². The van der Waals surface area contributed by atoms with Crippen molar-refractivity contribution >= 4 is 40.5 Å². The predicted molar refractivity (Wildman–Crippen MR) is 73.8 cm³/mol. The quantitative estimate of drug-likeness (QED) is 0.752. The van der Waals surface area contributed by atoms with E-state index in [0.29, 0.717) is 23.9 Å². The van der Waals surface area contributed by atoms with Crippen molar-refractivity contribution in [2.45, 2.75) is 0 Å². The lowest BCUT2D eigenvalue weighted by Gasteiger charge is -2.29. The minimum absolute atomic E-state index is 0. The predicted octanol–water partition coefficient (Wildman–Crippen LogP) is -0.642. The van der Waals surface area contributed by atoms with E-state index in [9.17, 15) is 4.79 Å². The van der Waals surface area contributed by atoms with Crippen molar-refractivity contribution in [2.24, 2.45) is 0 Å². The summed E-state index contributed by atoms with van der Waals surface area (Å²) in [6.45, 7) is 3.07. The van der Waals surface area contributed by atoms with E-state index in [0.717, 1.165) is 18.8 Å². The summed E-state index contributed by atoms with van der Waals surface area (Å²) in [4.78, 5) is 13.3. The van der Waals surface area contributed by atoms with Crippen molar-refractivity contribution in [3.8, 4) is 0 Å². The van der Waals surface area contributed by atoms with Crippen molar-refractivity contribution in [3.63, 3.8) is 0 Å². The molecular formula is C12H14Cl3N2O2-. The standard InChI is InChI=1S/C12H14Cl2N2O2.ClH/c13-8-12(17)15-9-1-2-11(10(14)7-9)16-3-5-18-6-4-16;/h1-2,7H,3-6,8H2,(H,15,17);1H/p-1. The van der Waals surface area contributed by atoms with E-state index in [2.05, 4.69) is 10.2 Å². The molecule has 7 heteroatoms. The number of benzene rings is 1. The molecule has 1 aliphatic heterocycles. The van der Waals surface area contributed by atoms with E-state index < -0.39 is 0 Å². The third kappa shape index (κ3) is 4.42. The van der Waals surface area contributed by atoms with E-state index in [1.54, 1.807) is 6.07 Å². The van der Waals surface area contributed by atoms with E-state index >= 15 is 0 Å². The first kappa shape index (κ1) is 16.4. The Kier molecular flexibility index (Phi) is 6.72. The van der Waals surface area contributed by atoms with Crippen molar-refractivity contribution in [2.75, 3.05) is 42.4 Å². The molecule has 2 rings (SSSR count). The molecule has 0 saturated carbocycles. The molecule has 1 heterocycles. The van der Waals surface area contributed by atoms with Gasteiger partial charge in [-0.2, -0.15) is 0 Å². The third-order valence-corrected chi connectivity index (χ3v) is 3.25. The topological polar surface area (TPSA) is 41.6 Å². The molecule has 0 radical (unpaired) electrons. The van der Waals surface area contributed by atoms with Crippen LogP contribution >= 0.6 is 23.2 Å². The van der Waals surface area contributed by atoms with Crippen LogP contribution in [0.5, 0.6) is 0 Å². The lowest BCUT2D eigenvalue weighted by Crippen LogP contribution is -3.00. The zero-order valence-corrected chi connectivity index (χ0v) is 12.4. The molecule has 1 aromatic carbocycles. The average Bonchev–Trinajstić information content (AvgIpc) is 2.40. The number of morpholine rings is 1. The Balaban J connectivity index is 0.00000180. The van der Waals surface area contributed by atoms with Gasteiger partial charge in [-0.05, 0) is 18.2 Å². The SMILES string of the molecule is O=C(CCl)Nc1ccc(N2CCOCC2)c(Cl)c1.[Cl-]. The first-order chi connectivity index (χ1) is 8.70. The number of hydrogen-bond acceptors (Lipinski definition) is 3. The smallest absolute Gasteiger partial charge is 0.239 e. The Morgan fingerprint density at radius 3 is 2.63 bits per heavy atom. The first-order valence-corrected chi connectivity index (χ1v) is 6.60. The molecule has 0 aromatic heterocycles. The number of hydrogen-bond donors (Lipinski definition) is 1. The lowest BCUT2D eigenvalue weighted by atomic mass is 10.2. The maximum Gasteiger partial charge on any atom is 0.239 e. The molecule has 1 aromatic rings. The molecule has 1 N–H and O–H groups in total. The number of rotatable bonds is 3. The van der Waals surface area contributed by atoms with Crippen LogP contribution in [0, 0.1) is 0 Å². The molecule has 4 nitrogen and oxygen atoms in total. The number of carbonyl (C=O) groups excluding carboxylic acids is 1. The van der Waals surface area contributed by atoms with Gasteiger partial charge >= 0.3 is 0 Å². The molecule has 1 fully saturated rings. The second kappa shape index (κ2) is 7.80. The van der Waals surface area contributed by atoms with Crippen molar-refractivity contribution < 1.29 is 21.9 Å². The van der Waals surface area contributed by atoms with E-state index in [4.69, 9.17) is 27.9 Å². The molecule has 1 saturated heterocycles. The molecule has 1 aliphatic rings. The second-order valence-corrected chi connectivity index (χ2v) is 4.62. The fraction of sp³-hybridized carbons (Fsp3) is 0.417. The lowest BCUT2D eigenvalue weighted by molar-refractivity contribution is -0.113. The zero-order chi connectivity index (χ0) is 13.0. The fourth-order valence-corrected chi connectivity index (χ4v) is 2.21. The molecule has 0 unspecified atom stereocenters. The van der Waals surface area contributed by atoms with Crippen LogP contribution in [0.15, 0.2) is 18.2 Å². The Morgan fingerprint density at radius 2 is 2.05 bits per heavy atom. The maximum absolute atomic E-state index is 11.2. The highest BCUT2D eigenvalue weighted by molar-refractivity contribution is 6.33. The van der Waals surface area contributed by atoms with Gasteiger partial charge in [0.2, 0.25) is 5.91 Å². The number of ether oxygens (including phenoxy) is 1. The molecule has 0 bridgehead atoms. The Labute approximate surface area is 128 Å². The molecule has 0 spiro atoms. The monoisotopic (exact) mass is 323 g/mol. The molecule has 1 amide bonds. The summed E-state index contributed by atoms with van der Waals surface area (Å²) < 4.78 is 5.30. The van der Waals surface area contributed by atoms with E-state index in [1.165, 1.54) is 0 Å². The van der Waals surface area contributed by atoms with Gasteiger partial charge in [-0.15, -0.1) is 11.6 Å². The van der Waals surface area contributed by atoms with Gasteiger partial charge in [0.25, 0.3) is 0 Å². The van der Waals surface area contributed by atoms with Gasteiger partial charge in [0.05, 0.1) is 23.9 Å². The Bertz CT molecular complexity index is 437. The summed E-state index contributed by atoms with van der Waals surface area (Å²) in [5.74, 6) is -0.310. The van der Waals surface area contributed by atoms with Gasteiger partial charge in [-0.25, -0.2) is 0 Å². The van der Waals surface area contributed by atoms with Crippen LogP contribution in [-0.2, 0) is 9.53 Å². The molecule has 19 heavy (non-hydrogen) atoms. The summed E-state index contributed by atoms with van der Waals surface area (Å²) >= 11 is 11.7. The minimum Gasteiger partial charge on any atom is -1.00 e. The summed E-state index contributed by atoms with van der Waals surface area (Å²) in [7, 11) is 0. The number of anilines is 2. The van der Waals surface area contributed by atoms with Crippen LogP contribution in [0.2, 0.25) is 5.02 Å². The number of nitrogens with one attached hydrogen (secondary N) is 1. The molecule has 0 aliphatic carbocycles. The average molecular weight is 325 g/mol. The number of nitrogens with zero attached hydrogens (tertiary/aromatic N) is 1. The van der Waals surface area contributed by atoms with Crippen molar-refractivity contribution in [1.29, 1.82) is 0 Å². The highest BCUT2D eigenvalue weighted by Crippen LogP contribution is 2.29. The largest absolute Gasteiger partial charge is 1.00 e. The van der Waals surface area contributed by atoms with Crippen molar-refractivity contribution in [1.82, 2.24) is 0 Å². The van der Waals surface area contributed by atoms with Crippen LogP contribution in [0.3, 0.4) is 0 Å². The van der Waals surface area contributed by atoms with Crippen LogP contribution in [-0.4, -0.2) is 38.1 Å². The maximum atomic E-state index is 11.2. The van der Waals surface area contributed by atoms with Gasteiger partial charge in [0.1, 0.15) is 5.88 Å². The molecule has 0 atom stereocenters. The second-order valence-electron chi connectivity index (χ2n) is 3.95.